The zero-order valence-corrected chi connectivity index (χ0v) is 19.1. The summed E-state index contributed by atoms with van der Waals surface area (Å²) in [6, 6.07) is 11.3. The number of sulfonamides is 1. The van der Waals surface area contributed by atoms with E-state index in [-0.39, 0.29) is 28.7 Å². The van der Waals surface area contributed by atoms with Crippen LogP contribution in [0.25, 0.3) is 0 Å². The second kappa shape index (κ2) is 10.9. The van der Waals surface area contributed by atoms with Gasteiger partial charge in [0.1, 0.15) is 10.6 Å². The third-order valence-electron chi connectivity index (χ3n) is 5.26. The van der Waals surface area contributed by atoms with Gasteiger partial charge < -0.3 is 15.0 Å². The Morgan fingerprint density at radius 1 is 1.10 bits per heavy atom. The highest BCUT2D eigenvalue weighted by Gasteiger charge is 2.22. The molecule has 0 atom stereocenters. The molecule has 1 heterocycles. The highest BCUT2D eigenvalue weighted by atomic mass is 35.5. The van der Waals surface area contributed by atoms with Gasteiger partial charge in [0, 0.05) is 30.2 Å². The van der Waals surface area contributed by atoms with Gasteiger partial charge in [0.15, 0.2) is 0 Å². The number of amides is 1. The zero-order chi connectivity index (χ0) is 22.3. The number of carbonyl (C=O) groups is 1. The van der Waals surface area contributed by atoms with Crippen LogP contribution in [0.4, 0.5) is 0 Å². The lowest BCUT2D eigenvalue weighted by atomic mass is 10.1. The first-order valence-corrected chi connectivity index (χ1v) is 12.2. The van der Waals surface area contributed by atoms with Crippen molar-refractivity contribution in [3.63, 3.8) is 0 Å². The molecule has 7 nitrogen and oxygen atoms in total. The van der Waals surface area contributed by atoms with Crippen molar-refractivity contribution >= 4 is 27.5 Å². The van der Waals surface area contributed by atoms with Gasteiger partial charge in [-0.15, -0.1) is 0 Å². The van der Waals surface area contributed by atoms with Crippen LogP contribution in [0.3, 0.4) is 0 Å². The summed E-state index contributed by atoms with van der Waals surface area (Å²) in [5, 5.41) is 3.45. The van der Waals surface area contributed by atoms with E-state index < -0.39 is 10.0 Å². The topological polar surface area (TPSA) is 87.7 Å². The van der Waals surface area contributed by atoms with Gasteiger partial charge in [-0.25, -0.2) is 13.1 Å². The normalized spacial score (nSPS) is 14.9. The molecule has 1 fully saturated rings. The fraction of sp³-hybridized carbons (Fsp3) is 0.409. The molecule has 0 aromatic heterocycles. The van der Waals surface area contributed by atoms with Gasteiger partial charge in [0.05, 0.1) is 7.11 Å². The molecule has 9 heteroatoms. The van der Waals surface area contributed by atoms with E-state index in [1.165, 1.54) is 38.5 Å². The molecule has 168 valence electrons. The minimum absolute atomic E-state index is 0.0763. The first kappa shape index (κ1) is 23.5. The summed E-state index contributed by atoms with van der Waals surface area (Å²) in [5.74, 6) is -0.137. The summed E-state index contributed by atoms with van der Waals surface area (Å²) in [7, 11) is -2.51. The van der Waals surface area contributed by atoms with Crippen molar-refractivity contribution in [2.75, 3.05) is 33.3 Å². The Balaban J connectivity index is 1.66. The first-order chi connectivity index (χ1) is 14.9. The van der Waals surface area contributed by atoms with E-state index in [2.05, 4.69) is 14.9 Å². The van der Waals surface area contributed by atoms with Gasteiger partial charge in [-0.2, -0.15) is 0 Å². The van der Waals surface area contributed by atoms with Gasteiger partial charge in [-0.3, -0.25) is 4.79 Å². The molecule has 1 aliphatic rings. The van der Waals surface area contributed by atoms with Crippen LogP contribution in [-0.4, -0.2) is 52.5 Å². The lowest BCUT2D eigenvalue weighted by molar-refractivity contribution is 0.0946. The Labute approximate surface area is 188 Å². The number of halogens is 1. The summed E-state index contributed by atoms with van der Waals surface area (Å²) >= 11 is 5.87. The predicted molar refractivity (Wildman–Crippen MR) is 121 cm³/mol. The highest BCUT2D eigenvalue weighted by molar-refractivity contribution is 7.89. The molecule has 0 aliphatic carbocycles. The van der Waals surface area contributed by atoms with Crippen LogP contribution in [0, 0.1) is 0 Å². The SMILES string of the molecule is COc1ccc(C(=O)NCCN2CCCCC2)cc1S(=O)(=O)NCc1ccc(Cl)cc1. The zero-order valence-electron chi connectivity index (χ0n) is 17.6. The minimum atomic E-state index is -3.90. The Morgan fingerprint density at radius 2 is 1.81 bits per heavy atom. The van der Waals surface area contributed by atoms with Crippen molar-refractivity contribution in [1.29, 1.82) is 0 Å². The molecule has 1 aliphatic heterocycles. The number of rotatable bonds is 9. The van der Waals surface area contributed by atoms with Crippen LogP contribution >= 0.6 is 11.6 Å². The molecule has 3 rings (SSSR count). The molecule has 0 spiro atoms. The van der Waals surface area contributed by atoms with Crippen molar-refractivity contribution in [3.05, 3.63) is 58.6 Å². The summed E-state index contributed by atoms with van der Waals surface area (Å²) in [5.41, 5.74) is 1.03. The van der Waals surface area contributed by atoms with Crippen molar-refractivity contribution in [3.8, 4) is 5.75 Å². The van der Waals surface area contributed by atoms with E-state index in [0.717, 1.165) is 25.2 Å². The monoisotopic (exact) mass is 465 g/mol. The van der Waals surface area contributed by atoms with Crippen LogP contribution in [-0.2, 0) is 16.6 Å². The number of hydrogen-bond donors (Lipinski definition) is 2. The van der Waals surface area contributed by atoms with Crippen LogP contribution in [0.2, 0.25) is 5.02 Å². The molecule has 2 N–H and O–H groups in total. The molecule has 1 saturated heterocycles. The van der Waals surface area contributed by atoms with Gasteiger partial charge >= 0.3 is 0 Å². The molecule has 2 aromatic carbocycles. The molecule has 1 amide bonds. The first-order valence-electron chi connectivity index (χ1n) is 10.3. The average molecular weight is 466 g/mol. The molecular formula is C22H28ClN3O4S. The fourth-order valence-corrected chi connectivity index (χ4v) is 4.84. The number of nitrogens with zero attached hydrogens (tertiary/aromatic N) is 1. The van der Waals surface area contributed by atoms with Crippen molar-refractivity contribution in [2.24, 2.45) is 0 Å². The fourth-order valence-electron chi connectivity index (χ4n) is 3.50. The summed E-state index contributed by atoms with van der Waals surface area (Å²) in [4.78, 5) is 14.8. The van der Waals surface area contributed by atoms with E-state index in [4.69, 9.17) is 16.3 Å². The largest absolute Gasteiger partial charge is 0.495 e. The van der Waals surface area contributed by atoms with Crippen molar-refractivity contribution in [1.82, 2.24) is 14.9 Å². The van der Waals surface area contributed by atoms with Crippen LogP contribution in [0.1, 0.15) is 35.2 Å². The summed E-state index contributed by atoms with van der Waals surface area (Å²) in [6.07, 6.45) is 3.64. The Hall–Kier alpha value is -2.13. The Bertz CT molecular complexity index is 990. The van der Waals surface area contributed by atoms with E-state index in [9.17, 15) is 13.2 Å². The molecule has 0 unspecified atom stereocenters. The second-order valence-electron chi connectivity index (χ2n) is 7.47. The molecule has 0 radical (unpaired) electrons. The van der Waals surface area contributed by atoms with E-state index in [1.807, 2.05) is 0 Å². The number of piperidine rings is 1. The van der Waals surface area contributed by atoms with Gasteiger partial charge in [0.2, 0.25) is 10.0 Å². The van der Waals surface area contributed by atoms with Crippen LogP contribution < -0.4 is 14.8 Å². The standard InChI is InChI=1S/C22H28ClN3O4S/c1-30-20-10-7-18(22(27)24-11-14-26-12-3-2-4-13-26)15-21(20)31(28,29)25-16-17-5-8-19(23)9-6-17/h5-10,15,25H,2-4,11-14,16H2,1H3,(H,24,27). The van der Waals surface area contributed by atoms with E-state index >= 15 is 0 Å². The molecular weight excluding hydrogens is 438 g/mol. The third kappa shape index (κ3) is 6.67. The lowest BCUT2D eigenvalue weighted by Gasteiger charge is -2.26. The maximum Gasteiger partial charge on any atom is 0.251 e. The van der Waals surface area contributed by atoms with E-state index in [1.54, 1.807) is 30.3 Å². The van der Waals surface area contributed by atoms with Crippen molar-refractivity contribution in [2.45, 2.75) is 30.7 Å². The quantitative estimate of drug-likeness (QED) is 0.594. The number of ether oxygens (including phenoxy) is 1. The van der Waals surface area contributed by atoms with Gasteiger partial charge in [0.25, 0.3) is 5.91 Å². The average Bonchev–Trinajstić information content (AvgIpc) is 2.79. The lowest BCUT2D eigenvalue weighted by Crippen LogP contribution is -2.37. The van der Waals surface area contributed by atoms with Gasteiger partial charge in [-0.1, -0.05) is 30.2 Å². The van der Waals surface area contributed by atoms with Crippen molar-refractivity contribution < 1.29 is 17.9 Å². The Kier molecular flexibility index (Phi) is 8.31. The molecule has 0 bridgehead atoms. The third-order valence-corrected chi connectivity index (χ3v) is 6.93. The molecule has 2 aromatic rings. The number of nitrogens with one attached hydrogen (secondary N) is 2. The molecule has 31 heavy (non-hydrogen) atoms. The summed E-state index contributed by atoms with van der Waals surface area (Å²) in [6.45, 7) is 3.51. The molecule has 0 saturated carbocycles. The van der Waals surface area contributed by atoms with E-state index in [0.29, 0.717) is 11.6 Å². The summed E-state index contributed by atoms with van der Waals surface area (Å²) < 4.78 is 33.6. The number of benzene rings is 2. The number of methoxy groups -OCH3 is 1. The number of likely N-dealkylation sites (tertiary alicyclic amines) is 1. The number of carbonyl (C=O) groups excluding carboxylic acids is 1. The maximum absolute atomic E-state index is 12.9. The smallest absolute Gasteiger partial charge is 0.251 e. The Morgan fingerprint density at radius 3 is 2.48 bits per heavy atom. The highest BCUT2D eigenvalue weighted by Crippen LogP contribution is 2.25. The van der Waals surface area contributed by atoms with Crippen LogP contribution in [0.15, 0.2) is 47.4 Å². The van der Waals surface area contributed by atoms with Gasteiger partial charge in [-0.05, 0) is 61.8 Å². The minimum Gasteiger partial charge on any atom is -0.495 e. The van der Waals surface area contributed by atoms with Crippen LogP contribution in [0.5, 0.6) is 5.75 Å². The maximum atomic E-state index is 12.9. The second-order valence-corrected chi connectivity index (χ2v) is 9.65. The predicted octanol–water partition coefficient (Wildman–Crippen LogP) is 3.04. The number of hydrogen-bond acceptors (Lipinski definition) is 5.